The third-order valence-electron chi connectivity index (χ3n) is 2.58. The van der Waals surface area contributed by atoms with E-state index in [1.54, 1.807) is 0 Å². The molecular formula is C8H15N. The summed E-state index contributed by atoms with van der Waals surface area (Å²) in [6.07, 6.45) is 7.32. The Kier molecular flexibility index (Phi) is 1.46. The van der Waals surface area contributed by atoms with Crippen molar-refractivity contribution >= 4 is 0 Å². The SMILES string of the molecule is C1CCNC2CC2CC1. The first-order valence-corrected chi connectivity index (χ1v) is 4.20. The van der Waals surface area contributed by atoms with Crippen LogP contribution in [0.1, 0.15) is 32.1 Å². The summed E-state index contributed by atoms with van der Waals surface area (Å²) in [5.74, 6) is 1.07. The molecule has 0 aromatic heterocycles. The normalized spacial score (nSPS) is 42.7. The van der Waals surface area contributed by atoms with Crippen LogP contribution in [0.3, 0.4) is 0 Å². The van der Waals surface area contributed by atoms with Crippen molar-refractivity contribution in [2.24, 2.45) is 5.92 Å². The average molecular weight is 125 g/mol. The highest BCUT2D eigenvalue weighted by atomic mass is 15.0. The average Bonchev–Trinajstić information content (AvgIpc) is 2.46. The van der Waals surface area contributed by atoms with Crippen LogP contribution in [0.2, 0.25) is 0 Å². The molecule has 1 heteroatoms. The summed E-state index contributed by atoms with van der Waals surface area (Å²) in [5, 5.41) is 3.56. The Morgan fingerprint density at radius 3 is 3.11 bits per heavy atom. The molecule has 0 aromatic carbocycles. The lowest BCUT2D eigenvalue weighted by Gasteiger charge is -2.07. The van der Waals surface area contributed by atoms with Crippen molar-refractivity contribution in [2.75, 3.05) is 6.54 Å². The van der Waals surface area contributed by atoms with E-state index < -0.39 is 0 Å². The van der Waals surface area contributed by atoms with Crippen LogP contribution in [0, 0.1) is 5.92 Å². The fourth-order valence-corrected chi connectivity index (χ4v) is 1.81. The van der Waals surface area contributed by atoms with Crippen molar-refractivity contribution in [2.45, 2.75) is 38.1 Å². The molecule has 1 aliphatic heterocycles. The predicted octanol–water partition coefficient (Wildman–Crippen LogP) is 1.54. The van der Waals surface area contributed by atoms with Crippen LogP contribution in [0.15, 0.2) is 0 Å². The predicted molar refractivity (Wildman–Crippen MR) is 38.4 cm³/mol. The first-order chi connectivity index (χ1) is 4.47. The fraction of sp³-hybridized carbons (Fsp3) is 1.00. The Hall–Kier alpha value is -0.0400. The van der Waals surface area contributed by atoms with Crippen LogP contribution >= 0.6 is 0 Å². The summed E-state index contributed by atoms with van der Waals surface area (Å²) in [6, 6.07) is 0.935. The Bertz CT molecular complexity index is 88.7. The van der Waals surface area contributed by atoms with Gasteiger partial charge in [-0.3, -0.25) is 0 Å². The lowest BCUT2D eigenvalue weighted by molar-refractivity contribution is 0.504. The van der Waals surface area contributed by atoms with Crippen LogP contribution in [-0.2, 0) is 0 Å². The Balaban J connectivity index is 1.81. The number of rotatable bonds is 0. The van der Waals surface area contributed by atoms with E-state index in [4.69, 9.17) is 0 Å². The Morgan fingerprint density at radius 1 is 1.11 bits per heavy atom. The summed E-state index contributed by atoms with van der Waals surface area (Å²) in [4.78, 5) is 0. The van der Waals surface area contributed by atoms with Crippen LogP contribution in [0.5, 0.6) is 0 Å². The second-order valence-corrected chi connectivity index (χ2v) is 3.41. The summed E-state index contributed by atoms with van der Waals surface area (Å²) in [6.45, 7) is 1.28. The van der Waals surface area contributed by atoms with Crippen LogP contribution in [0.25, 0.3) is 0 Å². The smallest absolute Gasteiger partial charge is 0.00991 e. The van der Waals surface area contributed by atoms with Gasteiger partial charge < -0.3 is 5.32 Å². The zero-order valence-electron chi connectivity index (χ0n) is 5.90. The van der Waals surface area contributed by atoms with E-state index in [0.29, 0.717) is 0 Å². The van der Waals surface area contributed by atoms with E-state index >= 15 is 0 Å². The summed E-state index contributed by atoms with van der Waals surface area (Å²) >= 11 is 0. The second-order valence-electron chi connectivity index (χ2n) is 3.41. The fourth-order valence-electron chi connectivity index (χ4n) is 1.81. The molecule has 0 aromatic rings. The molecule has 2 unspecified atom stereocenters. The van der Waals surface area contributed by atoms with Crippen LogP contribution in [-0.4, -0.2) is 12.6 Å². The third-order valence-corrected chi connectivity index (χ3v) is 2.58. The highest BCUT2D eigenvalue weighted by Crippen LogP contribution is 2.36. The van der Waals surface area contributed by atoms with Gasteiger partial charge in [0.25, 0.3) is 0 Å². The van der Waals surface area contributed by atoms with Crippen LogP contribution in [0.4, 0.5) is 0 Å². The van der Waals surface area contributed by atoms with Gasteiger partial charge in [-0.2, -0.15) is 0 Å². The quantitative estimate of drug-likeness (QED) is 0.518. The van der Waals surface area contributed by atoms with E-state index in [-0.39, 0.29) is 0 Å². The highest BCUT2D eigenvalue weighted by molar-refractivity contribution is 4.93. The van der Waals surface area contributed by atoms with E-state index in [1.165, 1.54) is 38.6 Å². The van der Waals surface area contributed by atoms with Gasteiger partial charge in [0.2, 0.25) is 0 Å². The van der Waals surface area contributed by atoms with E-state index in [0.717, 1.165) is 12.0 Å². The molecule has 1 saturated heterocycles. The molecule has 0 spiro atoms. The molecule has 2 aliphatic rings. The standard InChI is InChI=1S/C8H15N/c1-2-4-7-6-8(7)9-5-3-1/h7-9H,1-6H2. The van der Waals surface area contributed by atoms with Crippen molar-refractivity contribution in [3.8, 4) is 0 Å². The van der Waals surface area contributed by atoms with Gasteiger partial charge in [-0.25, -0.2) is 0 Å². The van der Waals surface area contributed by atoms with Gasteiger partial charge in [-0.05, 0) is 31.7 Å². The lowest BCUT2D eigenvalue weighted by Crippen LogP contribution is -2.20. The molecule has 1 nitrogen and oxygen atoms in total. The summed E-state index contributed by atoms with van der Waals surface area (Å²) in [5.41, 5.74) is 0. The molecule has 1 saturated carbocycles. The minimum atomic E-state index is 0.935. The maximum absolute atomic E-state index is 3.56. The molecule has 52 valence electrons. The topological polar surface area (TPSA) is 12.0 Å². The molecule has 2 atom stereocenters. The first kappa shape index (κ1) is 5.72. The maximum atomic E-state index is 3.56. The monoisotopic (exact) mass is 125 g/mol. The van der Waals surface area contributed by atoms with Crippen molar-refractivity contribution < 1.29 is 0 Å². The maximum Gasteiger partial charge on any atom is 0.00991 e. The summed E-state index contributed by atoms with van der Waals surface area (Å²) in [7, 11) is 0. The van der Waals surface area contributed by atoms with Gasteiger partial charge in [-0.15, -0.1) is 0 Å². The van der Waals surface area contributed by atoms with Crippen LogP contribution < -0.4 is 5.32 Å². The molecular weight excluding hydrogens is 110 g/mol. The molecule has 9 heavy (non-hydrogen) atoms. The molecule has 0 radical (unpaired) electrons. The molecule has 0 amide bonds. The lowest BCUT2D eigenvalue weighted by atomic mass is 10.1. The van der Waals surface area contributed by atoms with Crippen molar-refractivity contribution in [1.82, 2.24) is 5.32 Å². The van der Waals surface area contributed by atoms with Gasteiger partial charge in [0.05, 0.1) is 0 Å². The molecule has 2 fully saturated rings. The van der Waals surface area contributed by atoms with Gasteiger partial charge in [-0.1, -0.05) is 12.8 Å². The Labute approximate surface area is 56.8 Å². The second kappa shape index (κ2) is 2.30. The minimum absolute atomic E-state index is 0.935. The zero-order chi connectivity index (χ0) is 6.10. The molecule has 1 heterocycles. The molecule has 1 N–H and O–H groups in total. The minimum Gasteiger partial charge on any atom is -0.314 e. The van der Waals surface area contributed by atoms with Gasteiger partial charge in [0.1, 0.15) is 0 Å². The van der Waals surface area contributed by atoms with Gasteiger partial charge in [0, 0.05) is 6.04 Å². The first-order valence-electron chi connectivity index (χ1n) is 4.20. The highest BCUT2D eigenvalue weighted by Gasteiger charge is 2.35. The zero-order valence-corrected chi connectivity index (χ0v) is 5.90. The Morgan fingerprint density at radius 2 is 2.11 bits per heavy atom. The molecule has 1 aliphatic carbocycles. The number of hydrogen-bond donors (Lipinski definition) is 1. The molecule has 2 rings (SSSR count). The van der Waals surface area contributed by atoms with E-state index in [2.05, 4.69) is 5.32 Å². The third kappa shape index (κ3) is 1.26. The largest absolute Gasteiger partial charge is 0.314 e. The summed E-state index contributed by atoms with van der Waals surface area (Å²) < 4.78 is 0. The van der Waals surface area contributed by atoms with Gasteiger partial charge >= 0.3 is 0 Å². The van der Waals surface area contributed by atoms with Crippen molar-refractivity contribution in [1.29, 1.82) is 0 Å². The molecule has 0 bridgehead atoms. The number of hydrogen-bond acceptors (Lipinski definition) is 1. The van der Waals surface area contributed by atoms with Crippen molar-refractivity contribution in [3.05, 3.63) is 0 Å². The number of fused-ring (bicyclic) bond motifs is 1. The van der Waals surface area contributed by atoms with Gasteiger partial charge in [0.15, 0.2) is 0 Å². The number of nitrogens with one attached hydrogen (secondary N) is 1. The van der Waals surface area contributed by atoms with E-state index in [9.17, 15) is 0 Å². The van der Waals surface area contributed by atoms with Crippen molar-refractivity contribution in [3.63, 3.8) is 0 Å². The van der Waals surface area contributed by atoms with E-state index in [1.807, 2.05) is 0 Å².